The van der Waals surface area contributed by atoms with Gasteiger partial charge in [0.1, 0.15) is 11.3 Å². The SMILES string of the molecule is COC(=O)c1c[nH]c(=O)c([C@H](CC(N)=O)c2cc3cccc4c3n(c2=O)CCC4)c1O. The van der Waals surface area contributed by atoms with Crippen LogP contribution in [0, 0.1) is 0 Å². The second-order valence-corrected chi connectivity index (χ2v) is 7.52. The molecular weight excluding hydrogens is 402 g/mol. The number of para-hydroxylation sites is 1. The van der Waals surface area contributed by atoms with Crippen molar-refractivity contribution in [1.82, 2.24) is 9.55 Å². The number of aryl methyl sites for hydroxylation is 2. The zero-order chi connectivity index (χ0) is 22.3. The Balaban J connectivity index is 2.03. The maximum atomic E-state index is 13.4. The van der Waals surface area contributed by atoms with Crippen molar-refractivity contribution in [2.24, 2.45) is 5.73 Å². The molecule has 31 heavy (non-hydrogen) atoms. The molecule has 4 rings (SSSR count). The smallest absolute Gasteiger partial charge is 0.343 e. The van der Waals surface area contributed by atoms with Crippen molar-refractivity contribution >= 4 is 22.8 Å². The van der Waals surface area contributed by atoms with E-state index in [1.807, 2.05) is 18.2 Å². The Kier molecular flexibility index (Phi) is 5.10. The molecule has 9 nitrogen and oxygen atoms in total. The molecule has 4 N–H and O–H groups in total. The van der Waals surface area contributed by atoms with Gasteiger partial charge in [-0.05, 0) is 29.9 Å². The Hall–Kier alpha value is -3.88. The average Bonchev–Trinajstić information content (AvgIpc) is 2.75. The molecule has 0 fully saturated rings. The first-order chi connectivity index (χ1) is 14.8. The van der Waals surface area contributed by atoms with Gasteiger partial charge in [0.25, 0.3) is 11.1 Å². The van der Waals surface area contributed by atoms with E-state index < -0.39 is 35.5 Å². The number of rotatable bonds is 5. The Labute approximate surface area is 176 Å². The predicted octanol–water partition coefficient (Wildman–Crippen LogP) is 1.14. The summed E-state index contributed by atoms with van der Waals surface area (Å²) in [5, 5.41) is 11.5. The van der Waals surface area contributed by atoms with Gasteiger partial charge < -0.3 is 25.1 Å². The molecule has 0 spiro atoms. The fourth-order valence-corrected chi connectivity index (χ4v) is 4.33. The number of benzene rings is 1. The lowest BCUT2D eigenvalue weighted by molar-refractivity contribution is -0.118. The number of pyridine rings is 2. The van der Waals surface area contributed by atoms with Crippen molar-refractivity contribution in [3.05, 3.63) is 73.4 Å². The van der Waals surface area contributed by atoms with E-state index in [9.17, 15) is 24.3 Å². The minimum atomic E-state index is -1.14. The Morgan fingerprint density at radius 2 is 2.10 bits per heavy atom. The summed E-state index contributed by atoms with van der Waals surface area (Å²) in [4.78, 5) is 52.3. The average molecular weight is 423 g/mol. The molecule has 3 heterocycles. The van der Waals surface area contributed by atoms with Gasteiger partial charge in [0, 0.05) is 30.6 Å². The number of hydrogen-bond donors (Lipinski definition) is 3. The summed E-state index contributed by atoms with van der Waals surface area (Å²) >= 11 is 0. The molecule has 1 atom stereocenters. The maximum Gasteiger partial charge on any atom is 0.343 e. The van der Waals surface area contributed by atoms with Crippen LogP contribution in [-0.2, 0) is 22.5 Å². The Bertz CT molecular complexity index is 1340. The minimum absolute atomic E-state index is 0.146. The van der Waals surface area contributed by atoms with Gasteiger partial charge in [-0.15, -0.1) is 0 Å². The van der Waals surface area contributed by atoms with Gasteiger partial charge in [0.05, 0.1) is 18.2 Å². The number of amides is 1. The number of aromatic nitrogens is 2. The number of aromatic hydroxyl groups is 1. The third-order valence-electron chi connectivity index (χ3n) is 5.69. The van der Waals surface area contributed by atoms with Gasteiger partial charge in [-0.3, -0.25) is 14.4 Å². The summed E-state index contributed by atoms with van der Waals surface area (Å²) in [7, 11) is 1.13. The van der Waals surface area contributed by atoms with E-state index in [2.05, 4.69) is 9.72 Å². The molecule has 3 aromatic rings. The number of hydrogen-bond acceptors (Lipinski definition) is 6. The molecule has 1 aliphatic rings. The fraction of sp³-hybridized carbons (Fsp3) is 0.273. The lowest BCUT2D eigenvalue weighted by Crippen LogP contribution is -2.32. The van der Waals surface area contributed by atoms with Crippen LogP contribution >= 0.6 is 0 Å². The van der Waals surface area contributed by atoms with Crippen LogP contribution in [0.15, 0.2) is 40.1 Å². The lowest BCUT2D eigenvalue weighted by Gasteiger charge is -2.23. The quantitative estimate of drug-likeness (QED) is 0.525. The molecule has 160 valence electrons. The molecule has 0 saturated heterocycles. The van der Waals surface area contributed by atoms with Gasteiger partial charge >= 0.3 is 5.97 Å². The largest absolute Gasteiger partial charge is 0.506 e. The molecule has 9 heteroatoms. The first kappa shape index (κ1) is 20.4. The van der Waals surface area contributed by atoms with Crippen LogP contribution in [0.3, 0.4) is 0 Å². The molecular formula is C22H21N3O6. The lowest BCUT2D eigenvalue weighted by atomic mass is 9.87. The maximum absolute atomic E-state index is 13.4. The van der Waals surface area contributed by atoms with Crippen LogP contribution in [0.5, 0.6) is 5.75 Å². The van der Waals surface area contributed by atoms with Gasteiger partial charge in [0.2, 0.25) is 5.91 Å². The molecule has 0 saturated carbocycles. The summed E-state index contributed by atoms with van der Waals surface area (Å²) in [6, 6.07) is 7.32. The van der Waals surface area contributed by atoms with E-state index in [0.717, 1.165) is 42.6 Å². The highest BCUT2D eigenvalue weighted by molar-refractivity contribution is 5.92. The van der Waals surface area contributed by atoms with Crippen LogP contribution in [0.25, 0.3) is 10.9 Å². The van der Waals surface area contributed by atoms with Gasteiger partial charge in [-0.25, -0.2) is 4.79 Å². The molecule has 0 radical (unpaired) electrons. The highest BCUT2D eigenvalue weighted by atomic mass is 16.5. The summed E-state index contributed by atoms with van der Waals surface area (Å²) in [5.74, 6) is -3.42. The standard InChI is InChI=1S/C22H21N3O6/c1-31-22(30)15-10-24-20(28)17(19(15)27)13(9-16(23)26)14-8-12-5-2-4-11-6-3-7-25(18(11)12)21(14)29/h2,4-5,8,10,13H,3,6-7,9H2,1H3,(H2,23,26)(H2,24,27,28)/t13-/m1/s1. The van der Waals surface area contributed by atoms with E-state index in [1.165, 1.54) is 0 Å². The Morgan fingerprint density at radius 1 is 1.32 bits per heavy atom. The molecule has 1 aliphatic heterocycles. The van der Waals surface area contributed by atoms with Crippen LogP contribution in [0.2, 0.25) is 0 Å². The third kappa shape index (κ3) is 3.37. The molecule has 0 bridgehead atoms. The fourth-order valence-electron chi connectivity index (χ4n) is 4.33. The van der Waals surface area contributed by atoms with E-state index >= 15 is 0 Å². The van der Waals surface area contributed by atoms with E-state index in [4.69, 9.17) is 5.73 Å². The number of carbonyl (C=O) groups is 2. The van der Waals surface area contributed by atoms with Crippen LogP contribution in [-0.4, -0.2) is 33.6 Å². The summed E-state index contributed by atoms with van der Waals surface area (Å²) < 4.78 is 6.27. The number of nitrogens with two attached hydrogens (primary N) is 1. The normalized spacial score (nSPS) is 13.7. The van der Waals surface area contributed by atoms with Crippen molar-refractivity contribution in [3.8, 4) is 5.75 Å². The molecule has 1 amide bonds. The van der Waals surface area contributed by atoms with Crippen molar-refractivity contribution in [2.75, 3.05) is 7.11 Å². The second-order valence-electron chi connectivity index (χ2n) is 7.52. The number of nitrogens with zero attached hydrogens (tertiary/aromatic N) is 1. The predicted molar refractivity (Wildman–Crippen MR) is 112 cm³/mol. The van der Waals surface area contributed by atoms with Gasteiger partial charge in [-0.2, -0.15) is 0 Å². The first-order valence-electron chi connectivity index (χ1n) is 9.80. The number of H-pyrrole nitrogens is 1. The Morgan fingerprint density at radius 3 is 2.81 bits per heavy atom. The van der Waals surface area contributed by atoms with Crippen LogP contribution < -0.4 is 16.9 Å². The van der Waals surface area contributed by atoms with E-state index in [1.54, 1.807) is 10.6 Å². The number of ether oxygens (including phenoxy) is 1. The zero-order valence-electron chi connectivity index (χ0n) is 16.8. The van der Waals surface area contributed by atoms with E-state index in [-0.39, 0.29) is 22.2 Å². The monoisotopic (exact) mass is 423 g/mol. The topological polar surface area (TPSA) is 144 Å². The van der Waals surface area contributed by atoms with Crippen molar-refractivity contribution in [1.29, 1.82) is 0 Å². The molecule has 1 aromatic carbocycles. The first-order valence-corrected chi connectivity index (χ1v) is 9.80. The van der Waals surface area contributed by atoms with Crippen molar-refractivity contribution in [3.63, 3.8) is 0 Å². The molecule has 2 aromatic heterocycles. The summed E-state index contributed by atoms with van der Waals surface area (Å²) in [6.07, 6.45) is 2.25. The number of primary amides is 1. The second kappa shape index (κ2) is 7.75. The summed E-state index contributed by atoms with van der Waals surface area (Å²) in [5.41, 5.74) is 5.78. The van der Waals surface area contributed by atoms with Crippen LogP contribution in [0.1, 0.15) is 45.8 Å². The number of esters is 1. The highest BCUT2D eigenvalue weighted by Gasteiger charge is 2.30. The van der Waals surface area contributed by atoms with Crippen LogP contribution in [0.4, 0.5) is 0 Å². The number of carbonyl (C=O) groups excluding carboxylic acids is 2. The third-order valence-corrected chi connectivity index (χ3v) is 5.69. The highest BCUT2D eigenvalue weighted by Crippen LogP contribution is 2.34. The van der Waals surface area contributed by atoms with Crippen molar-refractivity contribution in [2.45, 2.75) is 31.7 Å². The molecule has 0 unspecified atom stereocenters. The van der Waals surface area contributed by atoms with E-state index in [0.29, 0.717) is 6.54 Å². The number of methoxy groups -OCH3 is 1. The molecule has 0 aliphatic carbocycles. The zero-order valence-corrected chi connectivity index (χ0v) is 16.8. The summed E-state index contributed by atoms with van der Waals surface area (Å²) in [6.45, 7) is 0.494. The van der Waals surface area contributed by atoms with Crippen molar-refractivity contribution < 1.29 is 19.4 Å². The minimum Gasteiger partial charge on any atom is -0.506 e. The number of nitrogens with one attached hydrogen (secondary N) is 1. The van der Waals surface area contributed by atoms with Gasteiger partial charge in [0.15, 0.2) is 0 Å². The number of aromatic amines is 1. The van der Waals surface area contributed by atoms with Gasteiger partial charge in [-0.1, -0.05) is 18.2 Å².